The number of carbonyl (C=O) groups excluding carboxylic acids is 1. The molecular formula is C15H19BrN4O. The Morgan fingerprint density at radius 2 is 2.14 bits per heavy atom. The zero-order valence-electron chi connectivity index (χ0n) is 12.2. The van der Waals surface area contributed by atoms with Crippen LogP contribution in [0.25, 0.3) is 11.0 Å². The van der Waals surface area contributed by atoms with Gasteiger partial charge in [-0.25, -0.2) is 4.98 Å². The first-order chi connectivity index (χ1) is 10.1. The van der Waals surface area contributed by atoms with E-state index in [1.807, 2.05) is 26.2 Å². The van der Waals surface area contributed by atoms with Crippen LogP contribution in [0.15, 0.2) is 16.9 Å². The highest BCUT2D eigenvalue weighted by atomic mass is 79.9. The lowest BCUT2D eigenvalue weighted by Crippen LogP contribution is -2.20. The van der Waals surface area contributed by atoms with Gasteiger partial charge in [0.05, 0.1) is 21.2 Å². The van der Waals surface area contributed by atoms with Gasteiger partial charge in [0.2, 0.25) is 5.91 Å². The zero-order chi connectivity index (χ0) is 15.0. The quantitative estimate of drug-likeness (QED) is 0.890. The van der Waals surface area contributed by atoms with Gasteiger partial charge in [-0.2, -0.15) is 0 Å². The maximum absolute atomic E-state index is 12.0. The summed E-state index contributed by atoms with van der Waals surface area (Å²) in [5, 5.41) is 3.98. The van der Waals surface area contributed by atoms with Crippen LogP contribution in [0.2, 0.25) is 0 Å². The lowest BCUT2D eigenvalue weighted by molar-refractivity contribution is -0.118. The summed E-state index contributed by atoms with van der Waals surface area (Å²) in [6, 6.07) is 0. The maximum atomic E-state index is 12.0. The molecular weight excluding hydrogens is 332 g/mol. The van der Waals surface area contributed by atoms with E-state index in [2.05, 4.69) is 36.1 Å². The molecule has 0 spiro atoms. The third kappa shape index (κ3) is 2.64. The fourth-order valence-electron chi connectivity index (χ4n) is 2.68. The molecule has 1 fully saturated rings. The van der Waals surface area contributed by atoms with Gasteiger partial charge in [0, 0.05) is 31.4 Å². The molecule has 0 saturated carbocycles. The van der Waals surface area contributed by atoms with Gasteiger partial charge >= 0.3 is 0 Å². The first kappa shape index (κ1) is 14.4. The molecule has 0 aromatic carbocycles. The molecule has 0 aliphatic carbocycles. The number of nitrogens with one attached hydrogen (secondary N) is 2. The van der Waals surface area contributed by atoms with Crippen molar-refractivity contribution in [2.24, 2.45) is 5.92 Å². The average molecular weight is 351 g/mol. The highest BCUT2D eigenvalue weighted by Crippen LogP contribution is 2.39. The van der Waals surface area contributed by atoms with Gasteiger partial charge in [0.15, 0.2) is 0 Å². The van der Waals surface area contributed by atoms with Crippen LogP contribution in [-0.2, 0) is 4.79 Å². The Bertz CT molecular complexity index is 674. The molecule has 2 N–H and O–H groups in total. The maximum Gasteiger partial charge on any atom is 0.226 e. The normalized spacial score (nSPS) is 15.1. The molecule has 21 heavy (non-hydrogen) atoms. The molecule has 2 aromatic heterocycles. The Balaban J connectivity index is 2.09. The monoisotopic (exact) mass is 350 g/mol. The summed E-state index contributed by atoms with van der Waals surface area (Å²) in [7, 11) is 0. The summed E-state index contributed by atoms with van der Waals surface area (Å²) in [6.45, 7) is 5.86. The number of anilines is 2. The van der Waals surface area contributed by atoms with Gasteiger partial charge < -0.3 is 15.2 Å². The van der Waals surface area contributed by atoms with Gasteiger partial charge in [0.25, 0.3) is 0 Å². The predicted octanol–water partition coefficient (Wildman–Crippen LogP) is 3.52. The van der Waals surface area contributed by atoms with Crippen LogP contribution in [0.1, 0.15) is 26.7 Å². The Kier molecular flexibility index (Phi) is 3.89. The lowest BCUT2D eigenvalue weighted by Gasteiger charge is -2.21. The van der Waals surface area contributed by atoms with Crippen LogP contribution in [0.5, 0.6) is 0 Å². The zero-order valence-corrected chi connectivity index (χ0v) is 13.8. The van der Waals surface area contributed by atoms with Crippen LogP contribution >= 0.6 is 15.9 Å². The number of carbonyl (C=O) groups is 1. The number of aromatic amines is 1. The number of nitrogens with zero attached hydrogens (tertiary/aromatic N) is 2. The van der Waals surface area contributed by atoms with Crippen molar-refractivity contribution in [2.45, 2.75) is 26.7 Å². The van der Waals surface area contributed by atoms with E-state index in [-0.39, 0.29) is 11.8 Å². The molecule has 0 unspecified atom stereocenters. The second-order valence-corrected chi connectivity index (χ2v) is 6.57. The number of pyridine rings is 1. The van der Waals surface area contributed by atoms with Crippen molar-refractivity contribution >= 4 is 44.2 Å². The molecule has 0 radical (unpaired) electrons. The number of hydrogen-bond acceptors (Lipinski definition) is 3. The van der Waals surface area contributed by atoms with Crippen molar-refractivity contribution in [3.8, 4) is 0 Å². The standard InChI is InChI=1S/C15H19BrN4O/c1-9(2)15(21)19-11-8-18-14-12(11)13(10(16)7-17-14)20-5-3-4-6-20/h7-9H,3-6H2,1-2H3,(H,17,18)(H,19,21). The summed E-state index contributed by atoms with van der Waals surface area (Å²) in [4.78, 5) is 21.9. The number of amides is 1. The van der Waals surface area contributed by atoms with Crippen LogP contribution in [0.3, 0.4) is 0 Å². The summed E-state index contributed by atoms with van der Waals surface area (Å²) in [5.74, 6) is -0.0338. The van der Waals surface area contributed by atoms with Crippen molar-refractivity contribution < 1.29 is 4.79 Å². The van der Waals surface area contributed by atoms with E-state index in [4.69, 9.17) is 0 Å². The number of halogens is 1. The lowest BCUT2D eigenvalue weighted by atomic mass is 10.2. The van der Waals surface area contributed by atoms with Crippen molar-refractivity contribution in [1.29, 1.82) is 0 Å². The number of rotatable bonds is 3. The van der Waals surface area contributed by atoms with E-state index in [0.29, 0.717) is 0 Å². The molecule has 3 rings (SSSR count). The van der Waals surface area contributed by atoms with Crippen molar-refractivity contribution in [3.63, 3.8) is 0 Å². The highest BCUT2D eigenvalue weighted by Gasteiger charge is 2.22. The summed E-state index contributed by atoms with van der Waals surface area (Å²) in [5.41, 5.74) is 2.73. The average Bonchev–Trinajstić information content (AvgIpc) is 3.09. The third-order valence-corrected chi connectivity index (χ3v) is 4.41. The second kappa shape index (κ2) is 5.67. The summed E-state index contributed by atoms with van der Waals surface area (Å²) < 4.78 is 0.969. The Morgan fingerprint density at radius 1 is 1.43 bits per heavy atom. The fourth-order valence-corrected chi connectivity index (χ4v) is 3.23. The van der Waals surface area contributed by atoms with Gasteiger partial charge in [-0.1, -0.05) is 13.8 Å². The minimum absolute atomic E-state index is 0.0169. The first-order valence-electron chi connectivity index (χ1n) is 7.29. The van der Waals surface area contributed by atoms with Crippen LogP contribution in [0.4, 0.5) is 11.4 Å². The van der Waals surface area contributed by atoms with E-state index >= 15 is 0 Å². The Morgan fingerprint density at radius 3 is 2.81 bits per heavy atom. The molecule has 1 aliphatic heterocycles. The SMILES string of the molecule is CC(C)C(=O)Nc1c[nH]c2ncc(Br)c(N3CCCC3)c12. The topological polar surface area (TPSA) is 61.0 Å². The Labute approximate surface area is 132 Å². The van der Waals surface area contributed by atoms with E-state index in [1.54, 1.807) is 0 Å². The van der Waals surface area contributed by atoms with Crippen molar-refractivity contribution in [2.75, 3.05) is 23.3 Å². The first-order valence-corrected chi connectivity index (χ1v) is 8.08. The molecule has 0 bridgehead atoms. The molecule has 5 nitrogen and oxygen atoms in total. The molecule has 1 saturated heterocycles. The molecule has 0 atom stereocenters. The van der Waals surface area contributed by atoms with Gasteiger partial charge in [0.1, 0.15) is 5.65 Å². The van der Waals surface area contributed by atoms with E-state index in [0.717, 1.165) is 40.0 Å². The summed E-state index contributed by atoms with van der Waals surface area (Å²) >= 11 is 3.61. The van der Waals surface area contributed by atoms with Gasteiger partial charge in [-0.15, -0.1) is 0 Å². The highest BCUT2D eigenvalue weighted by molar-refractivity contribution is 9.10. The predicted molar refractivity (Wildman–Crippen MR) is 88.7 cm³/mol. The smallest absolute Gasteiger partial charge is 0.226 e. The van der Waals surface area contributed by atoms with E-state index in [1.165, 1.54) is 12.8 Å². The van der Waals surface area contributed by atoms with Crippen LogP contribution in [0, 0.1) is 5.92 Å². The van der Waals surface area contributed by atoms with Gasteiger partial charge in [-0.3, -0.25) is 4.79 Å². The minimum Gasteiger partial charge on any atom is -0.370 e. The summed E-state index contributed by atoms with van der Waals surface area (Å²) in [6.07, 6.45) is 6.05. The molecule has 1 amide bonds. The van der Waals surface area contributed by atoms with Crippen LogP contribution < -0.4 is 10.2 Å². The minimum atomic E-state index is -0.0506. The molecule has 3 heterocycles. The number of hydrogen-bond donors (Lipinski definition) is 2. The van der Waals surface area contributed by atoms with E-state index in [9.17, 15) is 4.79 Å². The number of aromatic nitrogens is 2. The molecule has 112 valence electrons. The number of fused-ring (bicyclic) bond motifs is 1. The second-order valence-electron chi connectivity index (χ2n) is 5.72. The van der Waals surface area contributed by atoms with Gasteiger partial charge in [-0.05, 0) is 28.8 Å². The largest absolute Gasteiger partial charge is 0.370 e. The fraction of sp³-hybridized carbons (Fsp3) is 0.467. The number of H-pyrrole nitrogens is 1. The molecule has 6 heteroatoms. The Hall–Kier alpha value is -1.56. The van der Waals surface area contributed by atoms with E-state index < -0.39 is 0 Å². The van der Waals surface area contributed by atoms with Crippen molar-refractivity contribution in [3.05, 3.63) is 16.9 Å². The van der Waals surface area contributed by atoms with Crippen LogP contribution in [-0.4, -0.2) is 29.0 Å². The molecule has 2 aromatic rings. The third-order valence-electron chi connectivity index (χ3n) is 3.83. The molecule has 1 aliphatic rings. The van der Waals surface area contributed by atoms with Crippen molar-refractivity contribution in [1.82, 2.24) is 9.97 Å².